The van der Waals surface area contributed by atoms with Gasteiger partial charge >= 0.3 is 5.97 Å². The summed E-state index contributed by atoms with van der Waals surface area (Å²) in [7, 11) is 0. The second-order valence-electron chi connectivity index (χ2n) is 7.64. The van der Waals surface area contributed by atoms with Crippen molar-refractivity contribution in [3.05, 3.63) is 93.8 Å². The Hall–Kier alpha value is -4.66. The third-order valence-corrected chi connectivity index (χ3v) is 5.33. The monoisotopic (exact) mass is 456 g/mol. The van der Waals surface area contributed by atoms with Crippen molar-refractivity contribution >= 4 is 34.2 Å². The first-order valence-corrected chi connectivity index (χ1v) is 10.4. The van der Waals surface area contributed by atoms with Crippen molar-refractivity contribution in [2.24, 2.45) is 0 Å². The Morgan fingerprint density at radius 1 is 1.03 bits per heavy atom. The predicted octanol–water partition coefficient (Wildman–Crippen LogP) is 4.62. The number of nitro benzene ring substituents is 1. The van der Waals surface area contributed by atoms with E-state index >= 15 is 0 Å². The molecule has 0 atom stereocenters. The maximum Gasteiger partial charge on any atom is 0.339 e. The average molecular weight is 456 g/mol. The van der Waals surface area contributed by atoms with Crippen LogP contribution in [0.15, 0.2) is 67.0 Å². The number of carbonyl (C=O) groups is 2. The average Bonchev–Trinajstić information content (AvgIpc) is 2.84. The largest absolute Gasteiger partial charge is 0.452 e. The number of para-hydroxylation sites is 1. The Kier molecular flexibility index (Phi) is 6.26. The fraction of sp³-hybridized carbons (Fsp3) is 0.120. The van der Waals surface area contributed by atoms with Gasteiger partial charge in [-0.2, -0.15) is 0 Å². The van der Waals surface area contributed by atoms with Crippen LogP contribution in [-0.2, 0) is 9.53 Å². The summed E-state index contributed by atoms with van der Waals surface area (Å²) in [6.45, 7) is 2.92. The lowest BCUT2D eigenvalue weighted by Gasteiger charge is -2.11. The van der Waals surface area contributed by atoms with Crippen LogP contribution >= 0.6 is 0 Å². The number of benzene rings is 2. The quantitative estimate of drug-likeness (QED) is 0.255. The first-order valence-electron chi connectivity index (χ1n) is 10.4. The number of ether oxygens (including phenoxy) is 1. The van der Waals surface area contributed by atoms with Crippen LogP contribution in [0.1, 0.15) is 21.5 Å². The number of carbonyl (C=O) groups excluding carboxylic acids is 2. The molecule has 0 aliphatic carbocycles. The molecule has 9 heteroatoms. The van der Waals surface area contributed by atoms with Gasteiger partial charge in [-0.05, 0) is 55.3 Å². The molecule has 0 aliphatic heterocycles. The van der Waals surface area contributed by atoms with Gasteiger partial charge in [0.2, 0.25) is 0 Å². The molecule has 2 aromatic carbocycles. The van der Waals surface area contributed by atoms with E-state index in [0.717, 1.165) is 16.7 Å². The molecule has 4 rings (SSSR count). The van der Waals surface area contributed by atoms with Gasteiger partial charge in [-0.15, -0.1) is 0 Å². The molecule has 0 radical (unpaired) electrons. The number of pyridine rings is 2. The number of esters is 1. The summed E-state index contributed by atoms with van der Waals surface area (Å²) in [6.07, 6.45) is 3.25. The first kappa shape index (κ1) is 22.5. The van der Waals surface area contributed by atoms with Crippen molar-refractivity contribution in [3.8, 4) is 11.3 Å². The molecule has 1 amide bonds. The maximum atomic E-state index is 12.9. The number of hydrogen-bond acceptors (Lipinski definition) is 7. The van der Waals surface area contributed by atoms with E-state index in [0.29, 0.717) is 16.6 Å². The molecule has 0 fully saturated rings. The van der Waals surface area contributed by atoms with Gasteiger partial charge in [0.25, 0.3) is 11.6 Å². The first-order chi connectivity index (χ1) is 16.3. The molecular weight excluding hydrogens is 436 g/mol. The summed E-state index contributed by atoms with van der Waals surface area (Å²) in [6, 6.07) is 15.2. The minimum absolute atomic E-state index is 0.0449. The SMILES string of the molecule is Cc1cc(NC(=O)COC(=O)c2cc(-c3ccncc3)nc3ccccc23)c([N+](=O)[O-])cc1C. The number of aromatic nitrogens is 2. The predicted molar refractivity (Wildman–Crippen MR) is 126 cm³/mol. The molecule has 0 saturated carbocycles. The molecule has 170 valence electrons. The standard InChI is InChI=1S/C25H20N4O5/c1-15-11-22(23(29(32)33)12-16(15)2)28-24(30)14-34-25(31)19-13-21(17-7-9-26-10-8-17)27-20-6-4-3-5-18(19)20/h3-13H,14H2,1-2H3,(H,28,30). The smallest absolute Gasteiger partial charge is 0.339 e. The normalized spacial score (nSPS) is 10.6. The van der Waals surface area contributed by atoms with Gasteiger partial charge < -0.3 is 10.1 Å². The molecular formula is C25H20N4O5. The van der Waals surface area contributed by atoms with Crippen molar-refractivity contribution in [1.29, 1.82) is 0 Å². The molecule has 9 nitrogen and oxygen atoms in total. The zero-order valence-corrected chi connectivity index (χ0v) is 18.4. The fourth-order valence-corrected chi connectivity index (χ4v) is 3.46. The molecule has 1 N–H and O–H groups in total. The molecule has 0 spiro atoms. The van der Waals surface area contributed by atoms with Crippen LogP contribution in [0.4, 0.5) is 11.4 Å². The van der Waals surface area contributed by atoms with Crippen molar-refractivity contribution in [1.82, 2.24) is 9.97 Å². The summed E-state index contributed by atoms with van der Waals surface area (Å²) in [5, 5.41) is 14.4. The van der Waals surface area contributed by atoms with E-state index in [9.17, 15) is 19.7 Å². The van der Waals surface area contributed by atoms with Crippen LogP contribution in [0, 0.1) is 24.0 Å². The van der Waals surface area contributed by atoms with E-state index < -0.39 is 23.4 Å². The Labute approximate surface area is 194 Å². The van der Waals surface area contributed by atoms with Crippen LogP contribution in [-0.4, -0.2) is 33.4 Å². The topological polar surface area (TPSA) is 124 Å². The van der Waals surface area contributed by atoms with E-state index in [4.69, 9.17) is 4.74 Å². The van der Waals surface area contributed by atoms with Crippen LogP contribution in [0.25, 0.3) is 22.2 Å². The van der Waals surface area contributed by atoms with E-state index in [1.54, 1.807) is 62.6 Å². The number of nitrogens with zero attached hydrogens (tertiary/aromatic N) is 3. The highest BCUT2D eigenvalue weighted by Gasteiger charge is 2.20. The third kappa shape index (κ3) is 4.73. The Morgan fingerprint density at radius 3 is 2.47 bits per heavy atom. The van der Waals surface area contributed by atoms with E-state index in [-0.39, 0.29) is 16.9 Å². The number of nitro groups is 1. The van der Waals surface area contributed by atoms with Crippen molar-refractivity contribution < 1.29 is 19.2 Å². The number of aryl methyl sites for hydroxylation is 2. The number of nitrogens with one attached hydrogen (secondary N) is 1. The minimum atomic E-state index is -0.710. The summed E-state index contributed by atoms with van der Waals surface area (Å²) in [5.74, 6) is -1.40. The van der Waals surface area contributed by atoms with Gasteiger partial charge in [0, 0.05) is 29.4 Å². The lowest BCUT2D eigenvalue weighted by atomic mass is 10.0. The van der Waals surface area contributed by atoms with Gasteiger partial charge in [-0.1, -0.05) is 18.2 Å². The fourth-order valence-electron chi connectivity index (χ4n) is 3.46. The molecule has 2 heterocycles. The molecule has 0 unspecified atom stereocenters. The van der Waals surface area contributed by atoms with Gasteiger partial charge in [0.15, 0.2) is 6.61 Å². The van der Waals surface area contributed by atoms with Crippen molar-refractivity contribution in [3.63, 3.8) is 0 Å². The van der Waals surface area contributed by atoms with Crippen LogP contribution < -0.4 is 5.32 Å². The van der Waals surface area contributed by atoms with Crippen LogP contribution in [0.3, 0.4) is 0 Å². The summed E-state index contributed by atoms with van der Waals surface area (Å²) < 4.78 is 5.25. The van der Waals surface area contributed by atoms with Crippen molar-refractivity contribution in [2.75, 3.05) is 11.9 Å². The van der Waals surface area contributed by atoms with Gasteiger partial charge in [0.1, 0.15) is 5.69 Å². The highest BCUT2D eigenvalue weighted by Crippen LogP contribution is 2.28. The van der Waals surface area contributed by atoms with Crippen LogP contribution in [0.5, 0.6) is 0 Å². The number of amides is 1. The van der Waals surface area contributed by atoms with Gasteiger partial charge in [-0.25, -0.2) is 9.78 Å². The zero-order valence-electron chi connectivity index (χ0n) is 18.4. The Bertz CT molecular complexity index is 1420. The lowest BCUT2D eigenvalue weighted by Crippen LogP contribution is -2.21. The van der Waals surface area contributed by atoms with Crippen LogP contribution in [0.2, 0.25) is 0 Å². The number of hydrogen-bond donors (Lipinski definition) is 1. The summed E-state index contributed by atoms with van der Waals surface area (Å²) >= 11 is 0. The third-order valence-electron chi connectivity index (χ3n) is 5.33. The summed E-state index contributed by atoms with van der Waals surface area (Å²) in [5.41, 5.74) is 3.50. The van der Waals surface area contributed by atoms with Gasteiger partial charge in [-0.3, -0.25) is 19.9 Å². The molecule has 2 aromatic heterocycles. The molecule has 34 heavy (non-hydrogen) atoms. The highest BCUT2D eigenvalue weighted by molar-refractivity contribution is 6.05. The zero-order chi connectivity index (χ0) is 24.2. The molecule has 4 aromatic rings. The Morgan fingerprint density at radius 2 is 1.74 bits per heavy atom. The van der Waals surface area contributed by atoms with Gasteiger partial charge in [0.05, 0.1) is 21.7 Å². The second kappa shape index (κ2) is 9.45. The number of rotatable bonds is 6. The Balaban J connectivity index is 1.56. The van der Waals surface area contributed by atoms with E-state index in [2.05, 4.69) is 15.3 Å². The maximum absolute atomic E-state index is 12.9. The van der Waals surface area contributed by atoms with E-state index in [1.807, 2.05) is 6.07 Å². The number of anilines is 1. The van der Waals surface area contributed by atoms with E-state index in [1.165, 1.54) is 12.1 Å². The molecule has 0 aliphatic rings. The second-order valence-corrected chi connectivity index (χ2v) is 7.64. The summed E-state index contributed by atoms with van der Waals surface area (Å²) in [4.78, 5) is 44.7. The lowest BCUT2D eigenvalue weighted by molar-refractivity contribution is -0.384. The number of fused-ring (bicyclic) bond motifs is 1. The highest BCUT2D eigenvalue weighted by atomic mass is 16.6. The molecule has 0 bridgehead atoms. The minimum Gasteiger partial charge on any atom is -0.452 e. The van der Waals surface area contributed by atoms with Crippen molar-refractivity contribution in [2.45, 2.75) is 13.8 Å². The molecule has 0 saturated heterocycles.